The van der Waals surface area contributed by atoms with Crippen LogP contribution in [0.25, 0.3) is 21.5 Å². The van der Waals surface area contributed by atoms with E-state index in [2.05, 4.69) is 5.10 Å². The van der Waals surface area contributed by atoms with Crippen LogP contribution in [0.15, 0.2) is 30.3 Å². The Bertz CT molecular complexity index is 804. The Balaban J connectivity index is 2.22. The van der Waals surface area contributed by atoms with Crippen LogP contribution in [-0.2, 0) is 7.05 Å². The van der Waals surface area contributed by atoms with Crippen LogP contribution in [0.3, 0.4) is 0 Å². The summed E-state index contributed by atoms with van der Waals surface area (Å²) in [5, 5.41) is 16.2. The molecule has 3 rings (SSSR count). The minimum atomic E-state index is -1.16. The van der Waals surface area contributed by atoms with Crippen LogP contribution >= 0.6 is 11.3 Å². The molecule has 20 heavy (non-hydrogen) atoms. The van der Waals surface area contributed by atoms with Gasteiger partial charge in [0.15, 0.2) is 0 Å². The lowest BCUT2D eigenvalue weighted by atomic mass is 10.1. The Morgan fingerprint density at radius 1 is 1.40 bits per heavy atom. The van der Waals surface area contributed by atoms with Gasteiger partial charge in [-0.2, -0.15) is 5.10 Å². The Labute approximate surface area is 119 Å². The van der Waals surface area contributed by atoms with Crippen molar-refractivity contribution in [2.24, 2.45) is 7.05 Å². The summed E-state index contributed by atoms with van der Waals surface area (Å²) in [6, 6.07) is 9.13. The number of ether oxygens (including phenoxy) is 1. The van der Waals surface area contributed by atoms with Gasteiger partial charge in [-0.1, -0.05) is 12.1 Å². The van der Waals surface area contributed by atoms with E-state index in [-0.39, 0.29) is 4.88 Å². The average Bonchev–Trinajstić information content (AvgIpc) is 3.00. The van der Waals surface area contributed by atoms with Gasteiger partial charge in [-0.25, -0.2) is 0 Å². The SMILES string of the molecule is COc1cccc(-c2nn(C)c3sc(C(=O)[O-])cc23)c1. The zero-order valence-corrected chi connectivity index (χ0v) is 11.7. The predicted molar refractivity (Wildman–Crippen MR) is 74.9 cm³/mol. The number of aromatic nitrogens is 2. The maximum atomic E-state index is 11.0. The summed E-state index contributed by atoms with van der Waals surface area (Å²) in [5.41, 5.74) is 1.63. The molecule has 0 saturated heterocycles. The van der Waals surface area contributed by atoms with E-state index in [1.807, 2.05) is 24.3 Å². The van der Waals surface area contributed by atoms with E-state index < -0.39 is 5.97 Å². The first kappa shape index (κ1) is 12.7. The van der Waals surface area contributed by atoms with Gasteiger partial charge in [0.25, 0.3) is 0 Å². The number of aryl methyl sites for hydroxylation is 1. The summed E-state index contributed by atoms with van der Waals surface area (Å²) in [4.78, 5) is 12.0. The zero-order valence-electron chi connectivity index (χ0n) is 10.9. The van der Waals surface area contributed by atoms with Gasteiger partial charge < -0.3 is 14.6 Å². The number of hydrogen-bond acceptors (Lipinski definition) is 5. The fraction of sp³-hybridized carbons (Fsp3) is 0.143. The number of carboxylic acid groups (broad SMARTS) is 1. The molecule has 0 fully saturated rings. The molecule has 0 radical (unpaired) electrons. The molecule has 0 N–H and O–H groups in total. The van der Waals surface area contributed by atoms with E-state index >= 15 is 0 Å². The summed E-state index contributed by atoms with van der Waals surface area (Å²) >= 11 is 1.16. The van der Waals surface area contributed by atoms with Crippen molar-refractivity contribution in [2.45, 2.75) is 0 Å². The summed E-state index contributed by atoms with van der Waals surface area (Å²) in [6.07, 6.45) is 0. The van der Waals surface area contributed by atoms with Crippen LogP contribution < -0.4 is 9.84 Å². The van der Waals surface area contributed by atoms with E-state index in [0.29, 0.717) is 0 Å². The minimum Gasteiger partial charge on any atom is -0.544 e. The number of carboxylic acids is 1. The van der Waals surface area contributed by atoms with Crippen molar-refractivity contribution in [2.75, 3.05) is 7.11 Å². The van der Waals surface area contributed by atoms with Gasteiger partial charge in [0.05, 0.1) is 18.0 Å². The topological polar surface area (TPSA) is 67.2 Å². The third-order valence-electron chi connectivity index (χ3n) is 3.06. The molecule has 0 saturated carbocycles. The number of hydrogen-bond donors (Lipinski definition) is 0. The molecule has 3 aromatic rings. The van der Waals surface area contributed by atoms with Crippen LogP contribution in [-0.4, -0.2) is 22.9 Å². The van der Waals surface area contributed by atoms with Gasteiger partial charge in [-0.05, 0) is 18.2 Å². The number of carbonyl (C=O) groups excluding carboxylic acids is 1. The van der Waals surface area contributed by atoms with Crippen LogP contribution in [0, 0.1) is 0 Å². The summed E-state index contributed by atoms with van der Waals surface area (Å²) in [7, 11) is 3.40. The van der Waals surface area contributed by atoms with E-state index in [9.17, 15) is 9.90 Å². The summed E-state index contributed by atoms with van der Waals surface area (Å²) in [6.45, 7) is 0. The summed E-state index contributed by atoms with van der Waals surface area (Å²) < 4.78 is 6.88. The lowest BCUT2D eigenvalue weighted by molar-refractivity contribution is -0.254. The van der Waals surface area contributed by atoms with Crippen molar-refractivity contribution in [1.29, 1.82) is 0 Å². The number of aromatic carboxylic acids is 1. The molecule has 0 atom stereocenters. The average molecular weight is 287 g/mol. The molecule has 0 aliphatic heterocycles. The molecule has 0 unspecified atom stereocenters. The maximum Gasteiger partial charge on any atom is 0.122 e. The Morgan fingerprint density at radius 2 is 2.20 bits per heavy atom. The zero-order chi connectivity index (χ0) is 14.3. The number of thiophene rings is 1. The molecule has 0 aliphatic rings. The van der Waals surface area contributed by atoms with Crippen molar-refractivity contribution in [3.8, 4) is 17.0 Å². The Hall–Kier alpha value is -2.34. The minimum absolute atomic E-state index is 0.206. The molecule has 1 aromatic carbocycles. The second kappa shape index (κ2) is 4.64. The largest absolute Gasteiger partial charge is 0.544 e. The lowest BCUT2D eigenvalue weighted by Crippen LogP contribution is -2.20. The van der Waals surface area contributed by atoms with E-state index in [4.69, 9.17) is 4.74 Å². The standard InChI is InChI=1S/C14H12N2O3S/c1-16-13-10(7-11(20-13)14(17)18)12(15-16)8-4-3-5-9(6-8)19-2/h3-7H,1-2H3,(H,17,18)/p-1. The third-order valence-corrected chi connectivity index (χ3v) is 4.24. The highest BCUT2D eigenvalue weighted by atomic mass is 32.1. The molecule has 0 spiro atoms. The fourth-order valence-electron chi connectivity index (χ4n) is 2.12. The van der Waals surface area contributed by atoms with Crippen molar-refractivity contribution in [3.63, 3.8) is 0 Å². The Kier molecular flexibility index (Phi) is 2.94. The maximum absolute atomic E-state index is 11.0. The lowest BCUT2D eigenvalue weighted by Gasteiger charge is -2.02. The molecule has 2 heterocycles. The monoisotopic (exact) mass is 287 g/mol. The molecule has 2 aromatic heterocycles. The molecular formula is C14H11N2O3S-. The first-order valence-electron chi connectivity index (χ1n) is 5.92. The number of fused-ring (bicyclic) bond motifs is 1. The van der Waals surface area contributed by atoms with Crippen molar-refractivity contribution >= 4 is 27.5 Å². The normalized spacial score (nSPS) is 10.9. The van der Waals surface area contributed by atoms with E-state index in [1.54, 1.807) is 24.9 Å². The molecule has 0 aliphatic carbocycles. The highest BCUT2D eigenvalue weighted by Crippen LogP contribution is 2.34. The molecule has 0 bridgehead atoms. The quantitative estimate of drug-likeness (QED) is 0.735. The molecule has 6 heteroatoms. The van der Waals surface area contributed by atoms with Gasteiger partial charge in [-0.15, -0.1) is 11.3 Å². The van der Waals surface area contributed by atoms with Gasteiger partial charge in [0.1, 0.15) is 16.3 Å². The Morgan fingerprint density at radius 3 is 2.90 bits per heavy atom. The molecule has 0 amide bonds. The molecular weight excluding hydrogens is 276 g/mol. The molecule has 102 valence electrons. The number of benzene rings is 1. The van der Waals surface area contributed by atoms with Crippen molar-refractivity contribution in [3.05, 3.63) is 35.2 Å². The van der Waals surface area contributed by atoms with E-state index in [0.717, 1.165) is 38.6 Å². The van der Waals surface area contributed by atoms with Gasteiger partial charge in [0, 0.05) is 18.0 Å². The number of methoxy groups -OCH3 is 1. The van der Waals surface area contributed by atoms with Crippen LogP contribution in [0.1, 0.15) is 9.67 Å². The second-order valence-corrected chi connectivity index (χ2v) is 5.35. The highest BCUT2D eigenvalue weighted by Gasteiger charge is 2.15. The van der Waals surface area contributed by atoms with Crippen LogP contribution in [0.4, 0.5) is 0 Å². The second-order valence-electron chi connectivity index (χ2n) is 4.32. The van der Waals surface area contributed by atoms with E-state index in [1.165, 1.54) is 0 Å². The van der Waals surface area contributed by atoms with Crippen molar-refractivity contribution in [1.82, 2.24) is 9.78 Å². The number of carbonyl (C=O) groups is 1. The summed E-state index contributed by atoms with van der Waals surface area (Å²) in [5.74, 6) is -0.431. The highest BCUT2D eigenvalue weighted by molar-refractivity contribution is 7.20. The molecule has 5 nitrogen and oxygen atoms in total. The van der Waals surface area contributed by atoms with Crippen molar-refractivity contribution < 1.29 is 14.6 Å². The smallest absolute Gasteiger partial charge is 0.122 e. The first-order valence-corrected chi connectivity index (χ1v) is 6.74. The third kappa shape index (κ3) is 1.94. The van der Waals surface area contributed by atoms with Gasteiger partial charge >= 0.3 is 0 Å². The van der Waals surface area contributed by atoms with Crippen LogP contribution in [0.5, 0.6) is 5.75 Å². The fourth-order valence-corrected chi connectivity index (χ4v) is 3.03. The number of nitrogens with zero attached hydrogens (tertiary/aromatic N) is 2. The predicted octanol–water partition coefficient (Wildman–Crippen LogP) is 1.67. The number of rotatable bonds is 3. The van der Waals surface area contributed by atoms with Crippen LogP contribution in [0.2, 0.25) is 0 Å². The van der Waals surface area contributed by atoms with Gasteiger partial charge in [-0.3, -0.25) is 4.68 Å². The first-order chi connectivity index (χ1) is 9.60. The van der Waals surface area contributed by atoms with Gasteiger partial charge in [0.2, 0.25) is 0 Å².